The van der Waals surface area contributed by atoms with Gasteiger partial charge in [0, 0.05) is 40.3 Å². The van der Waals surface area contributed by atoms with E-state index in [4.69, 9.17) is 4.74 Å². The minimum atomic E-state index is -0.382. The standard InChI is InChI=1S/C31H27NO3/c1-31(2)16-24-27(25(33)17-31)26(28-29(32-24)22-10-6-7-11-23(22)30(28)34)20-12-14-21(15-13-20)35-18-19-8-4-3-5-9-19/h3-15,26,32H,16-18H2,1-2H3. The predicted molar refractivity (Wildman–Crippen MR) is 136 cm³/mol. The molecule has 1 N–H and O–H groups in total. The molecule has 0 amide bonds. The van der Waals surface area contributed by atoms with E-state index in [0.29, 0.717) is 24.2 Å². The molecule has 0 spiro atoms. The Morgan fingerprint density at radius 2 is 1.51 bits per heavy atom. The molecule has 6 rings (SSSR count). The molecular weight excluding hydrogens is 434 g/mol. The Labute approximate surface area is 205 Å². The van der Waals surface area contributed by atoms with Crippen LogP contribution in [0.2, 0.25) is 0 Å². The fourth-order valence-corrected chi connectivity index (χ4v) is 5.62. The van der Waals surface area contributed by atoms with Crippen molar-refractivity contribution in [1.29, 1.82) is 0 Å². The summed E-state index contributed by atoms with van der Waals surface area (Å²) in [6.45, 7) is 4.74. The Bertz CT molecular complexity index is 1410. The maximum Gasteiger partial charge on any atom is 0.192 e. The van der Waals surface area contributed by atoms with E-state index in [1.165, 1.54) is 0 Å². The molecule has 0 saturated carbocycles. The van der Waals surface area contributed by atoms with Crippen molar-refractivity contribution >= 4 is 17.3 Å². The van der Waals surface area contributed by atoms with Crippen molar-refractivity contribution in [2.45, 2.75) is 39.2 Å². The highest BCUT2D eigenvalue weighted by Gasteiger charge is 2.46. The molecule has 3 aromatic carbocycles. The highest BCUT2D eigenvalue weighted by molar-refractivity contribution is 6.23. The van der Waals surface area contributed by atoms with Crippen LogP contribution in [0.15, 0.2) is 95.7 Å². The van der Waals surface area contributed by atoms with Crippen LogP contribution in [0, 0.1) is 5.41 Å². The van der Waals surface area contributed by atoms with Crippen LogP contribution in [0.1, 0.15) is 59.7 Å². The predicted octanol–water partition coefficient (Wildman–Crippen LogP) is 6.20. The van der Waals surface area contributed by atoms with Crippen LogP contribution in [0.3, 0.4) is 0 Å². The van der Waals surface area contributed by atoms with Crippen LogP contribution in [0.25, 0.3) is 5.70 Å². The Kier molecular flexibility index (Phi) is 4.99. The molecule has 2 aliphatic carbocycles. The van der Waals surface area contributed by atoms with Crippen LogP contribution >= 0.6 is 0 Å². The fourth-order valence-electron chi connectivity index (χ4n) is 5.62. The van der Waals surface area contributed by atoms with Crippen LogP contribution in [-0.2, 0) is 11.4 Å². The lowest BCUT2D eigenvalue weighted by Crippen LogP contribution is -2.37. The molecule has 0 saturated heterocycles. The van der Waals surface area contributed by atoms with Gasteiger partial charge in [-0.1, -0.05) is 80.6 Å². The quantitative estimate of drug-likeness (QED) is 0.502. The van der Waals surface area contributed by atoms with E-state index in [-0.39, 0.29) is 22.9 Å². The van der Waals surface area contributed by atoms with Crippen LogP contribution in [-0.4, -0.2) is 11.6 Å². The van der Waals surface area contributed by atoms with Crippen molar-refractivity contribution in [3.8, 4) is 5.75 Å². The Balaban J connectivity index is 1.39. The summed E-state index contributed by atoms with van der Waals surface area (Å²) in [6.07, 6.45) is 1.25. The molecule has 4 nitrogen and oxygen atoms in total. The van der Waals surface area contributed by atoms with E-state index in [2.05, 4.69) is 19.2 Å². The number of hydrogen-bond acceptors (Lipinski definition) is 4. The highest BCUT2D eigenvalue weighted by Crippen LogP contribution is 2.51. The number of ether oxygens (including phenoxy) is 1. The van der Waals surface area contributed by atoms with Gasteiger partial charge >= 0.3 is 0 Å². The van der Waals surface area contributed by atoms with Crippen molar-refractivity contribution in [1.82, 2.24) is 5.32 Å². The summed E-state index contributed by atoms with van der Waals surface area (Å²) >= 11 is 0. The minimum absolute atomic E-state index is 0.00156. The number of dihydropyridines is 1. The number of nitrogens with one attached hydrogen (secondary N) is 1. The van der Waals surface area contributed by atoms with E-state index >= 15 is 0 Å². The Hall–Kier alpha value is -3.92. The van der Waals surface area contributed by atoms with Gasteiger partial charge in [0.25, 0.3) is 0 Å². The third-order valence-electron chi connectivity index (χ3n) is 7.19. The fraction of sp³-hybridized carbons (Fsp3) is 0.226. The molecule has 0 fully saturated rings. The first-order chi connectivity index (χ1) is 16.9. The second-order valence-corrected chi connectivity index (χ2v) is 10.4. The summed E-state index contributed by atoms with van der Waals surface area (Å²) in [5.41, 5.74) is 6.75. The Morgan fingerprint density at radius 1 is 0.829 bits per heavy atom. The van der Waals surface area contributed by atoms with Gasteiger partial charge in [0.1, 0.15) is 12.4 Å². The van der Waals surface area contributed by atoms with Crippen molar-refractivity contribution < 1.29 is 14.3 Å². The highest BCUT2D eigenvalue weighted by atomic mass is 16.5. The van der Waals surface area contributed by atoms with E-state index in [9.17, 15) is 9.59 Å². The van der Waals surface area contributed by atoms with Gasteiger partial charge in [-0.2, -0.15) is 0 Å². The van der Waals surface area contributed by atoms with E-state index in [1.807, 2.05) is 78.9 Å². The zero-order chi connectivity index (χ0) is 24.2. The number of Topliss-reactive ketones (excluding diaryl/α,β-unsaturated/α-hetero) is 2. The van der Waals surface area contributed by atoms with Crippen molar-refractivity contribution in [2.75, 3.05) is 0 Å². The summed E-state index contributed by atoms with van der Waals surface area (Å²) < 4.78 is 5.98. The van der Waals surface area contributed by atoms with E-state index in [1.54, 1.807) is 0 Å². The topological polar surface area (TPSA) is 55.4 Å². The molecule has 35 heavy (non-hydrogen) atoms. The van der Waals surface area contributed by atoms with Gasteiger partial charge in [-0.3, -0.25) is 9.59 Å². The number of hydrogen-bond donors (Lipinski definition) is 1. The average Bonchev–Trinajstić information content (AvgIpc) is 3.13. The zero-order valence-corrected chi connectivity index (χ0v) is 19.9. The Morgan fingerprint density at radius 3 is 2.26 bits per heavy atom. The molecule has 1 aliphatic heterocycles. The van der Waals surface area contributed by atoms with E-state index < -0.39 is 0 Å². The third-order valence-corrected chi connectivity index (χ3v) is 7.19. The monoisotopic (exact) mass is 461 g/mol. The van der Waals surface area contributed by atoms with Crippen molar-refractivity contribution in [2.24, 2.45) is 5.41 Å². The van der Waals surface area contributed by atoms with E-state index in [0.717, 1.165) is 45.8 Å². The second kappa shape index (κ2) is 8.09. The summed E-state index contributed by atoms with van der Waals surface area (Å²) in [5.74, 6) is 0.496. The molecule has 174 valence electrons. The molecule has 3 aromatic rings. The molecule has 0 radical (unpaired) electrons. The lowest BCUT2D eigenvalue weighted by atomic mass is 9.68. The largest absolute Gasteiger partial charge is 0.489 e. The molecule has 0 bridgehead atoms. The van der Waals surface area contributed by atoms with Crippen molar-refractivity contribution in [3.05, 3.63) is 118 Å². The summed E-state index contributed by atoms with van der Waals surface area (Å²) in [5, 5.41) is 3.53. The maximum absolute atomic E-state index is 13.6. The van der Waals surface area contributed by atoms with Gasteiger partial charge in [-0.25, -0.2) is 0 Å². The summed E-state index contributed by atoms with van der Waals surface area (Å²) in [6, 6.07) is 25.6. The van der Waals surface area contributed by atoms with Gasteiger partial charge in [0.2, 0.25) is 0 Å². The number of carbonyl (C=O) groups is 2. The second-order valence-electron chi connectivity index (χ2n) is 10.4. The lowest BCUT2D eigenvalue weighted by Gasteiger charge is -2.39. The molecule has 3 aliphatic rings. The lowest BCUT2D eigenvalue weighted by molar-refractivity contribution is -0.118. The molecule has 0 aromatic heterocycles. The summed E-state index contributed by atoms with van der Waals surface area (Å²) in [4.78, 5) is 27.1. The van der Waals surface area contributed by atoms with Gasteiger partial charge in [0.05, 0.1) is 5.70 Å². The van der Waals surface area contributed by atoms with Gasteiger partial charge in [-0.05, 0) is 35.1 Å². The van der Waals surface area contributed by atoms with Crippen LogP contribution < -0.4 is 10.1 Å². The molecular formula is C31H27NO3. The SMILES string of the molecule is CC1(C)CC(=O)C2=C(C1)NC1=C(C(=O)c3ccccc31)C2c1ccc(OCc2ccccc2)cc1. The number of allylic oxidation sites excluding steroid dienone is 3. The first-order valence-corrected chi connectivity index (χ1v) is 12.1. The number of carbonyl (C=O) groups excluding carboxylic acids is 2. The van der Waals surface area contributed by atoms with Crippen molar-refractivity contribution in [3.63, 3.8) is 0 Å². The number of rotatable bonds is 4. The number of fused-ring (bicyclic) bond motifs is 2. The minimum Gasteiger partial charge on any atom is -0.489 e. The first-order valence-electron chi connectivity index (χ1n) is 12.1. The molecule has 4 heteroatoms. The molecule has 1 atom stereocenters. The number of benzene rings is 3. The number of ketones is 2. The van der Waals surface area contributed by atoms with Crippen LogP contribution in [0.5, 0.6) is 5.75 Å². The molecule has 1 unspecified atom stereocenters. The first kappa shape index (κ1) is 21.6. The third kappa shape index (κ3) is 3.70. The molecule has 1 heterocycles. The zero-order valence-electron chi connectivity index (χ0n) is 19.9. The summed E-state index contributed by atoms with van der Waals surface area (Å²) in [7, 11) is 0. The average molecular weight is 462 g/mol. The maximum atomic E-state index is 13.6. The van der Waals surface area contributed by atoms with Gasteiger partial charge in [0.15, 0.2) is 11.6 Å². The smallest absolute Gasteiger partial charge is 0.192 e. The van der Waals surface area contributed by atoms with Crippen LogP contribution in [0.4, 0.5) is 0 Å². The normalized spacial score (nSPS) is 20.2. The van der Waals surface area contributed by atoms with Gasteiger partial charge < -0.3 is 10.1 Å². The van der Waals surface area contributed by atoms with Gasteiger partial charge in [-0.15, -0.1) is 0 Å².